The van der Waals surface area contributed by atoms with Gasteiger partial charge >= 0.3 is 7.60 Å². The Labute approximate surface area is 98.2 Å². The lowest BCUT2D eigenvalue weighted by molar-refractivity contribution is -0.120. The Bertz CT molecular complexity index is 257. The zero-order valence-electron chi connectivity index (χ0n) is 10.9. The molecule has 0 aromatic rings. The number of Topliss-reactive ketones (excluding diaryl/α,β-unsaturated/α-hetero) is 1. The Morgan fingerprint density at radius 1 is 1.25 bits per heavy atom. The molecule has 4 nitrogen and oxygen atoms in total. The Hall–Kier alpha value is -0.180. The first kappa shape index (κ1) is 15.8. The molecule has 0 rings (SSSR count). The lowest BCUT2D eigenvalue weighted by Crippen LogP contribution is -2.18. The second-order valence-corrected chi connectivity index (χ2v) is 6.52. The van der Waals surface area contributed by atoms with Gasteiger partial charge in [-0.05, 0) is 12.3 Å². The highest BCUT2D eigenvalue weighted by Gasteiger charge is 2.28. The number of rotatable bonds is 8. The first-order chi connectivity index (χ1) is 7.38. The molecule has 0 N–H and O–H groups in total. The van der Waals surface area contributed by atoms with Crippen LogP contribution in [0.3, 0.4) is 0 Å². The number of ketones is 1. The van der Waals surface area contributed by atoms with Gasteiger partial charge in [-0.15, -0.1) is 0 Å². The van der Waals surface area contributed by atoms with Gasteiger partial charge in [0.1, 0.15) is 11.9 Å². The third-order valence-corrected chi connectivity index (χ3v) is 4.72. The van der Waals surface area contributed by atoms with Crippen LogP contribution in [-0.4, -0.2) is 26.2 Å². The molecule has 2 atom stereocenters. The summed E-state index contributed by atoms with van der Waals surface area (Å²) in [6.07, 6.45) is 1.74. The van der Waals surface area contributed by atoms with E-state index in [9.17, 15) is 9.36 Å². The molecule has 0 spiro atoms. The predicted octanol–water partition coefficient (Wildman–Crippen LogP) is 3.11. The van der Waals surface area contributed by atoms with Crippen LogP contribution in [-0.2, 0) is 18.4 Å². The molecule has 5 heteroatoms. The fraction of sp³-hybridized carbons (Fsp3) is 0.909. The first-order valence-corrected chi connectivity index (χ1v) is 7.34. The molecule has 0 bridgehead atoms. The van der Waals surface area contributed by atoms with E-state index in [2.05, 4.69) is 13.8 Å². The van der Waals surface area contributed by atoms with Crippen molar-refractivity contribution in [3.63, 3.8) is 0 Å². The minimum atomic E-state index is -3.19. The van der Waals surface area contributed by atoms with Crippen molar-refractivity contribution >= 4 is 13.4 Å². The van der Waals surface area contributed by atoms with E-state index in [0.29, 0.717) is 5.92 Å². The summed E-state index contributed by atoms with van der Waals surface area (Å²) in [5.41, 5.74) is 0. The summed E-state index contributed by atoms with van der Waals surface area (Å²) in [5, 5.41) is 0. The second kappa shape index (κ2) is 7.21. The molecule has 0 amide bonds. The van der Waals surface area contributed by atoms with Gasteiger partial charge in [0.2, 0.25) is 0 Å². The number of carbonyl (C=O) groups is 1. The van der Waals surface area contributed by atoms with Crippen molar-refractivity contribution in [2.45, 2.75) is 33.6 Å². The minimum Gasteiger partial charge on any atom is -0.312 e. The second-order valence-electron chi connectivity index (χ2n) is 4.25. The van der Waals surface area contributed by atoms with Crippen LogP contribution in [0.5, 0.6) is 0 Å². The number of hydrogen-bond donors (Lipinski definition) is 0. The fourth-order valence-electron chi connectivity index (χ4n) is 1.45. The van der Waals surface area contributed by atoms with Crippen molar-refractivity contribution in [1.29, 1.82) is 0 Å². The van der Waals surface area contributed by atoms with Crippen molar-refractivity contribution in [2.24, 2.45) is 11.8 Å². The Morgan fingerprint density at radius 3 is 2.12 bits per heavy atom. The third-order valence-electron chi connectivity index (χ3n) is 2.91. The zero-order valence-corrected chi connectivity index (χ0v) is 11.8. The summed E-state index contributed by atoms with van der Waals surface area (Å²) in [4.78, 5) is 11.8. The van der Waals surface area contributed by atoms with E-state index in [4.69, 9.17) is 9.05 Å². The van der Waals surface area contributed by atoms with E-state index in [1.54, 1.807) is 0 Å². The molecule has 0 aromatic carbocycles. The first-order valence-electron chi connectivity index (χ1n) is 5.61. The van der Waals surface area contributed by atoms with E-state index < -0.39 is 7.60 Å². The van der Waals surface area contributed by atoms with Crippen LogP contribution < -0.4 is 0 Å². The molecular formula is C11H23O4P. The normalized spacial score (nSPS) is 15.8. The van der Waals surface area contributed by atoms with Gasteiger partial charge < -0.3 is 9.05 Å². The van der Waals surface area contributed by atoms with Gasteiger partial charge in [-0.3, -0.25) is 9.36 Å². The van der Waals surface area contributed by atoms with Gasteiger partial charge in [-0.1, -0.05) is 27.2 Å². The quantitative estimate of drug-likeness (QED) is 0.621. The van der Waals surface area contributed by atoms with Gasteiger partial charge in [-0.2, -0.15) is 0 Å². The van der Waals surface area contributed by atoms with Crippen LogP contribution in [0.15, 0.2) is 0 Å². The molecule has 0 aliphatic heterocycles. The van der Waals surface area contributed by atoms with Gasteiger partial charge in [0.25, 0.3) is 0 Å². The average Bonchev–Trinajstić information content (AvgIpc) is 2.28. The maximum absolute atomic E-state index is 11.8. The van der Waals surface area contributed by atoms with Crippen LogP contribution >= 0.6 is 7.60 Å². The van der Waals surface area contributed by atoms with E-state index in [0.717, 1.165) is 12.8 Å². The molecule has 0 fully saturated rings. The van der Waals surface area contributed by atoms with Crippen LogP contribution in [0.4, 0.5) is 0 Å². The summed E-state index contributed by atoms with van der Waals surface area (Å²) in [5.74, 6) is 0.365. The molecule has 0 radical (unpaired) electrons. The molecule has 16 heavy (non-hydrogen) atoms. The smallest absolute Gasteiger partial charge is 0.312 e. The maximum atomic E-state index is 11.8. The van der Waals surface area contributed by atoms with E-state index in [-0.39, 0.29) is 17.9 Å². The highest BCUT2D eigenvalue weighted by Crippen LogP contribution is 2.46. The Balaban J connectivity index is 4.30. The average molecular weight is 250 g/mol. The van der Waals surface area contributed by atoms with Gasteiger partial charge in [0.15, 0.2) is 0 Å². The van der Waals surface area contributed by atoms with Gasteiger partial charge in [-0.25, -0.2) is 0 Å². The van der Waals surface area contributed by atoms with Gasteiger partial charge in [0, 0.05) is 20.1 Å². The summed E-state index contributed by atoms with van der Waals surface area (Å²) in [6.45, 7) is 6.07. The van der Waals surface area contributed by atoms with Crippen molar-refractivity contribution < 1.29 is 18.4 Å². The SMILES string of the molecule is CCC(C)CC(C)C(=O)CP(=O)(OC)OC. The monoisotopic (exact) mass is 250 g/mol. The lowest BCUT2D eigenvalue weighted by atomic mass is 9.93. The highest BCUT2D eigenvalue weighted by molar-refractivity contribution is 7.54. The van der Waals surface area contributed by atoms with Crippen LogP contribution in [0.1, 0.15) is 33.6 Å². The molecule has 0 aromatic heterocycles. The van der Waals surface area contributed by atoms with Gasteiger partial charge in [0.05, 0.1) is 0 Å². The zero-order chi connectivity index (χ0) is 12.8. The minimum absolute atomic E-state index is 0.0488. The molecular weight excluding hydrogens is 227 g/mol. The molecule has 0 heterocycles. The number of carbonyl (C=O) groups excluding carboxylic acids is 1. The molecule has 0 saturated heterocycles. The highest BCUT2D eigenvalue weighted by atomic mass is 31.2. The van der Waals surface area contributed by atoms with Crippen molar-refractivity contribution in [1.82, 2.24) is 0 Å². The Kier molecular flexibility index (Phi) is 7.12. The standard InChI is InChI=1S/C11H23O4P/c1-6-9(2)7-10(3)11(12)8-16(13,14-4)15-5/h9-10H,6-8H2,1-5H3. The summed E-state index contributed by atoms with van der Waals surface area (Å²) >= 11 is 0. The molecule has 0 saturated carbocycles. The van der Waals surface area contributed by atoms with Crippen LogP contribution in [0.25, 0.3) is 0 Å². The maximum Gasteiger partial charge on any atom is 0.337 e. The van der Waals surface area contributed by atoms with Crippen molar-refractivity contribution in [3.8, 4) is 0 Å². The predicted molar refractivity (Wildman–Crippen MR) is 64.7 cm³/mol. The van der Waals surface area contributed by atoms with Crippen LogP contribution in [0.2, 0.25) is 0 Å². The molecule has 0 aliphatic carbocycles. The lowest BCUT2D eigenvalue weighted by Gasteiger charge is -2.17. The summed E-state index contributed by atoms with van der Waals surface area (Å²) in [7, 11) is -0.588. The summed E-state index contributed by atoms with van der Waals surface area (Å²) < 4.78 is 21.3. The van der Waals surface area contributed by atoms with Crippen molar-refractivity contribution in [3.05, 3.63) is 0 Å². The van der Waals surface area contributed by atoms with Crippen LogP contribution in [0, 0.1) is 11.8 Å². The largest absolute Gasteiger partial charge is 0.337 e. The Morgan fingerprint density at radius 2 is 1.75 bits per heavy atom. The topological polar surface area (TPSA) is 52.6 Å². The summed E-state index contributed by atoms with van der Waals surface area (Å²) in [6, 6.07) is 0. The third kappa shape index (κ3) is 5.24. The molecule has 96 valence electrons. The molecule has 2 unspecified atom stereocenters. The number of hydrogen-bond acceptors (Lipinski definition) is 4. The fourth-order valence-corrected chi connectivity index (χ4v) is 2.55. The van der Waals surface area contributed by atoms with E-state index in [1.807, 2.05) is 6.92 Å². The van der Waals surface area contributed by atoms with E-state index >= 15 is 0 Å². The molecule has 0 aliphatic rings. The van der Waals surface area contributed by atoms with Crippen molar-refractivity contribution in [2.75, 3.05) is 20.4 Å². The van der Waals surface area contributed by atoms with E-state index in [1.165, 1.54) is 14.2 Å².